The lowest BCUT2D eigenvalue weighted by atomic mass is 9.95. The van der Waals surface area contributed by atoms with Crippen LogP contribution in [-0.2, 0) is 11.2 Å². The van der Waals surface area contributed by atoms with Gasteiger partial charge in [0.15, 0.2) is 0 Å². The molecule has 1 amide bonds. The highest BCUT2D eigenvalue weighted by molar-refractivity contribution is 9.10. The minimum absolute atomic E-state index is 0.121. The van der Waals surface area contributed by atoms with E-state index in [0.717, 1.165) is 29.5 Å². The molecule has 1 heterocycles. The van der Waals surface area contributed by atoms with Crippen LogP contribution in [0.25, 0.3) is 0 Å². The van der Waals surface area contributed by atoms with Gasteiger partial charge in [-0.1, -0.05) is 34.5 Å². The molecule has 1 saturated heterocycles. The number of hydrogen-bond acceptors (Lipinski definition) is 2. The fourth-order valence-electron chi connectivity index (χ4n) is 2.49. The van der Waals surface area contributed by atoms with E-state index in [9.17, 15) is 4.79 Å². The van der Waals surface area contributed by atoms with Crippen molar-refractivity contribution in [3.63, 3.8) is 0 Å². The molecule has 3 nitrogen and oxygen atoms in total. The fourth-order valence-corrected chi connectivity index (χ4v) is 3.13. The molecule has 0 spiro atoms. The molecule has 1 aromatic rings. The molecule has 0 aromatic heterocycles. The second kappa shape index (κ2) is 7.43. The highest BCUT2D eigenvalue weighted by atomic mass is 79.9. The van der Waals surface area contributed by atoms with Crippen LogP contribution in [0.2, 0.25) is 5.02 Å². The molecule has 20 heavy (non-hydrogen) atoms. The summed E-state index contributed by atoms with van der Waals surface area (Å²) in [7, 11) is 0. The predicted octanol–water partition coefficient (Wildman–Crippen LogP) is 3.15. The van der Waals surface area contributed by atoms with E-state index in [-0.39, 0.29) is 5.91 Å². The van der Waals surface area contributed by atoms with E-state index in [1.807, 2.05) is 18.2 Å². The van der Waals surface area contributed by atoms with Gasteiger partial charge in [-0.05, 0) is 55.6 Å². The third-order valence-electron chi connectivity index (χ3n) is 3.76. The number of amides is 1. The van der Waals surface area contributed by atoms with Gasteiger partial charge in [0.2, 0.25) is 5.91 Å². The lowest BCUT2D eigenvalue weighted by molar-refractivity contribution is -0.122. The number of rotatable bonds is 4. The molecule has 110 valence electrons. The normalized spacial score (nSPS) is 22.6. The zero-order valence-electron chi connectivity index (χ0n) is 11.6. The first kappa shape index (κ1) is 15.8. The van der Waals surface area contributed by atoms with Crippen LogP contribution >= 0.6 is 27.5 Å². The van der Waals surface area contributed by atoms with Gasteiger partial charge in [-0.25, -0.2) is 0 Å². The molecule has 1 aromatic carbocycles. The van der Waals surface area contributed by atoms with Gasteiger partial charge in [0.05, 0.1) is 0 Å². The van der Waals surface area contributed by atoms with Gasteiger partial charge >= 0.3 is 0 Å². The number of aryl methyl sites for hydroxylation is 1. The Morgan fingerprint density at radius 2 is 2.35 bits per heavy atom. The number of halogens is 2. The van der Waals surface area contributed by atoms with Crippen molar-refractivity contribution >= 4 is 33.4 Å². The monoisotopic (exact) mass is 358 g/mol. The summed E-state index contributed by atoms with van der Waals surface area (Å²) in [5.41, 5.74) is 1.08. The standard InChI is InChI=1S/C15H20BrClN2O/c1-10-9-18-7-6-14(10)19-15(20)5-2-11-8-12(17)3-4-13(11)16/h3-4,8,10,14,18H,2,5-7,9H2,1H3,(H,19,20). The van der Waals surface area contributed by atoms with Gasteiger partial charge in [-0.15, -0.1) is 0 Å². The van der Waals surface area contributed by atoms with Crippen molar-refractivity contribution in [1.82, 2.24) is 10.6 Å². The highest BCUT2D eigenvalue weighted by Gasteiger charge is 2.22. The van der Waals surface area contributed by atoms with Crippen molar-refractivity contribution in [2.75, 3.05) is 13.1 Å². The maximum atomic E-state index is 12.0. The minimum atomic E-state index is 0.121. The molecule has 2 atom stereocenters. The van der Waals surface area contributed by atoms with E-state index in [4.69, 9.17) is 11.6 Å². The fraction of sp³-hybridized carbons (Fsp3) is 0.533. The average molecular weight is 360 g/mol. The van der Waals surface area contributed by atoms with E-state index >= 15 is 0 Å². The van der Waals surface area contributed by atoms with Crippen molar-refractivity contribution < 1.29 is 4.79 Å². The van der Waals surface area contributed by atoms with Crippen LogP contribution in [0, 0.1) is 5.92 Å². The molecule has 0 bridgehead atoms. The zero-order chi connectivity index (χ0) is 14.5. The van der Waals surface area contributed by atoms with E-state index < -0.39 is 0 Å². The van der Waals surface area contributed by atoms with E-state index in [1.165, 1.54) is 0 Å². The Balaban J connectivity index is 1.84. The molecule has 2 N–H and O–H groups in total. The first-order valence-electron chi connectivity index (χ1n) is 7.00. The molecule has 0 saturated carbocycles. The van der Waals surface area contributed by atoms with Crippen molar-refractivity contribution in [1.29, 1.82) is 0 Å². The Labute approximate surface area is 133 Å². The largest absolute Gasteiger partial charge is 0.353 e. The van der Waals surface area contributed by atoms with Crippen molar-refractivity contribution in [3.05, 3.63) is 33.3 Å². The van der Waals surface area contributed by atoms with Crippen LogP contribution in [-0.4, -0.2) is 25.0 Å². The van der Waals surface area contributed by atoms with Gasteiger partial charge in [0.1, 0.15) is 0 Å². The van der Waals surface area contributed by atoms with Crippen molar-refractivity contribution in [2.24, 2.45) is 5.92 Å². The van der Waals surface area contributed by atoms with E-state index in [2.05, 4.69) is 33.5 Å². The highest BCUT2D eigenvalue weighted by Crippen LogP contribution is 2.22. The maximum absolute atomic E-state index is 12.0. The summed E-state index contributed by atoms with van der Waals surface area (Å²) in [5.74, 6) is 0.612. The third kappa shape index (κ3) is 4.47. The topological polar surface area (TPSA) is 41.1 Å². The SMILES string of the molecule is CC1CNCCC1NC(=O)CCc1cc(Cl)ccc1Br. The summed E-state index contributed by atoms with van der Waals surface area (Å²) >= 11 is 9.47. The molecule has 1 aliphatic heterocycles. The van der Waals surface area contributed by atoms with Gasteiger partial charge in [0.25, 0.3) is 0 Å². The third-order valence-corrected chi connectivity index (χ3v) is 4.77. The lowest BCUT2D eigenvalue weighted by Crippen LogP contribution is -2.48. The number of benzene rings is 1. The predicted molar refractivity (Wildman–Crippen MR) is 86.1 cm³/mol. The minimum Gasteiger partial charge on any atom is -0.353 e. The maximum Gasteiger partial charge on any atom is 0.220 e. The molecular weight excluding hydrogens is 340 g/mol. The number of carbonyl (C=O) groups is 1. The van der Waals surface area contributed by atoms with Gasteiger partial charge in [-0.3, -0.25) is 4.79 Å². The molecule has 2 unspecified atom stereocenters. The Morgan fingerprint density at radius 1 is 1.55 bits per heavy atom. The van der Waals surface area contributed by atoms with E-state index in [0.29, 0.717) is 29.8 Å². The number of carbonyl (C=O) groups excluding carboxylic acids is 1. The quantitative estimate of drug-likeness (QED) is 0.867. The summed E-state index contributed by atoms with van der Waals surface area (Å²) in [6.07, 6.45) is 2.20. The smallest absolute Gasteiger partial charge is 0.220 e. The summed E-state index contributed by atoms with van der Waals surface area (Å²) < 4.78 is 1.00. The van der Waals surface area contributed by atoms with Crippen LogP contribution in [0.5, 0.6) is 0 Å². The molecule has 0 radical (unpaired) electrons. The van der Waals surface area contributed by atoms with Crippen LogP contribution in [0.15, 0.2) is 22.7 Å². The van der Waals surface area contributed by atoms with Crippen LogP contribution in [0.1, 0.15) is 25.3 Å². The second-order valence-electron chi connectivity index (χ2n) is 5.38. The summed E-state index contributed by atoms with van der Waals surface area (Å²) in [4.78, 5) is 12.0. The number of piperidine rings is 1. The van der Waals surface area contributed by atoms with E-state index in [1.54, 1.807) is 0 Å². The van der Waals surface area contributed by atoms with Gasteiger partial charge < -0.3 is 10.6 Å². The van der Waals surface area contributed by atoms with Crippen molar-refractivity contribution in [3.8, 4) is 0 Å². The molecule has 5 heteroatoms. The lowest BCUT2D eigenvalue weighted by Gasteiger charge is -2.30. The molecule has 1 aliphatic rings. The van der Waals surface area contributed by atoms with Gasteiger partial charge in [0, 0.05) is 22.0 Å². The van der Waals surface area contributed by atoms with Crippen LogP contribution < -0.4 is 10.6 Å². The second-order valence-corrected chi connectivity index (χ2v) is 6.67. The summed E-state index contributed by atoms with van der Waals surface area (Å²) in [6, 6.07) is 5.97. The molecule has 2 rings (SSSR count). The Bertz CT molecular complexity index is 481. The van der Waals surface area contributed by atoms with Gasteiger partial charge in [-0.2, -0.15) is 0 Å². The zero-order valence-corrected chi connectivity index (χ0v) is 13.9. The Kier molecular flexibility index (Phi) is 5.87. The Morgan fingerprint density at radius 3 is 3.10 bits per heavy atom. The van der Waals surface area contributed by atoms with Crippen LogP contribution in [0.4, 0.5) is 0 Å². The summed E-state index contributed by atoms with van der Waals surface area (Å²) in [5, 5.41) is 7.19. The Hall–Kier alpha value is -0.580. The molecular formula is C15H20BrClN2O. The molecule has 1 fully saturated rings. The first-order chi connectivity index (χ1) is 9.56. The van der Waals surface area contributed by atoms with Crippen LogP contribution in [0.3, 0.4) is 0 Å². The number of nitrogens with one attached hydrogen (secondary N) is 2. The molecule has 0 aliphatic carbocycles. The first-order valence-corrected chi connectivity index (χ1v) is 8.17. The average Bonchev–Trinajstić information content (AvgIpc) is 2.42. The van der Waals surface area contributed by atoms with Crippen molar-refractivity contribution in [2.45, 2.75) is 32.2 Å². The summed E-state index contributed by atoms with van der Waals surface area (Å²) in [6.45, 7) is 4.13. The number of hydrogen-bond donors (Lipinski definition) is 2.